The molecule has 0 heterocycles. The number of nitrogens with one attached hydrogen (secondary N) is 1. The molecule has 5 nitrogen and oxygen atoms in total. The van der Waals surface area contributed by atoms with Crippen molar-refractivity contribution in [3.63, 3.8) is 0 Å². The minimum Gasteiger partial charge on any atom is -0.456 e. The molecule has 0 aromatic heterocycles. The quantitative estimate of drug-likeness (QED) is 0.478. The molecule has 5 heteroatoms. The molecule has 2 aromatic rings. The SMILES string of the molecule is CC(C)(C)OC(=O)c1ccccc1C#CCCNC(=O)OCc1ccccc1. The number of hydrogen-bond donors (Lipinski definition) is 1. The number of carbonyl (C=O) groups is 2. The van der Waals surface area contributed by atoms with Crippen molar-refractivity contribution in [1.82, 2.24) is 5.32 Å². The van der Waals surface area contributed by atoms with E-state index in [2.05, 4.69) is 17.2 Å². The summed E-state index contributed by atoms with van der Waals surface area (Å²) in [6.45, 7) is 6.04. The van der Waals surface area contributed by atoms with E-state index in [-0.39, 0.29) is 6.61 Å². The second-order valence-electron chi connectivity index (χ2n) is 7.09. The lowest BCUT2D eigenvalue weighted by Gasteiger charge is -2.19. The van der Waals surface area contributed by atoms with Gasteiger partial charge in [0.05, 0.1) is 5.56 Å². The highest BCUT2D eigenvalue weighted by Crippen LogP contribution is 2.15. The summed E-state index contributed by atoms with van der Waals surface area (Å²) in [5.41, 5.74) is 1.39. The Morgan fingerprint density at radius 1 is 1.00 bits per heavy atom. The molecule has 0 saturated carbocycles. The summed E-state index contributed by atoms with van der Waals surface area (Å²) in [7, 11) is 0. The molecule has 0 radical (unpaired) electrons. The zero-order valence-corrected chi connectivity index (χ0v) is 16.5. The van der Waals surface area contributed by atoms with E-state index in [0.717, 1.165) is 5.56 Å². The molecule has 0 atom stereocenters. The lowest BCUT2D eigenvalue weighted by atomic mass is 10.1. The maximum atomic E-state index is 12.3. The minimum atomic E-state index is -0.568. The molecule has 0 fully saturated rings. The van der Waals surface area contributed by atoms with Crippen LogP contribution in [0.15, 0.2) is 54.6 Å². The van der Waals surface area contributed by atoms with Gasteiger partial charge in [0.25, 0.3) is 0 Å². The first-order valence-electron chi connectivity index (χ1n) is 9.11. The second kappa shape index (κ2) is 10.2. The summed E-state index contributed by atoms with van der Waals surface area (Å²) in [5.74, 6) is 5.53. The number of ether oxygens (including phenoxy) is 2. The van der Waals surface area contributed by atoms with E-state index in [4.69, 9.17) is 9.47 Å². The van der Waals surface area contributed by atoms with E-state index in [1.54, 1.807) is 18.2 Å². The van der Waals surface area contributed by atoms with E-state index < -0.39 is 17.7 Å². The lowest BCUT2D eigenvalue weighted by molar-refractivity contribution is 0.00692. The average Bonchev–Trinajstić information content (AvgIpc) is 2.66. The highest BCUT2D eigenvalue weighted by molar-refractivity contribution is 5.92. The van der Waals surface area contributed by atoms with Gasteiger partial charge < -0.3 is 14.8 Å². The van der Waals surface area contributed by atoms with Gasteiger partial charge in [0.1, 0.15) is 12.2 Å². The van der Waals surface area contributed by atoms with E-state index in [0.29, 0.717) is 24.1 Å². The fraction of sp³-hybridized carbons (Fsp3) is 0.304. The first-order valence-corrected chi connectivity index (χ1v) is 9.11. The van der Waals surface area contributed by atoms with Crippen molar-refractivity contribution < 1.29 is 19.1 Å². The lowest BCUT2D eigenvalue weighted by Crippen LogP contribution is -2.25. The molecule has 28 heavy (non-hydrogen) atoms. The van der Waals surface area contributed by atoms with Gasteiger partial charge in [-0.2, -0.15) is 0 Å². The van der Waals surface area contributed by atoms with Gasteiger partial charge in [-0.05, 0) is 38.5 Å². The zero-order valence-electron chi connectivity index (χ0n) is 16.5. The Morgan fingerprint density at radius 3 is 2.39 bits per heavy atom. The summed E-state index contributed by atoms with van der Waals surface area (Å²) in [4.78, 5) is 24.0. The zero-order chi connectivity index (χ0) is 20.4. The molecule has 0 bridgehead atoms. The molecule has 0 unspecified atom stereocenters. The van der Waals surface area contributed by atoms with Crippen LogP contribution in [0.5, 0.6) is 0 Å². The van der Waals surface area contributed by atoms with Crippen LogP contribution < -0.4 is 5.32 Å². The molecule has 0 saturated heterocycles. The molecular formula is C23H25NO4. The molecule has 146 valence electrons. The summed E-state index contributed by atoms with van der Waals surface area (Å²) in [6, 6.07) is 16.5. The molecule has 0 spiro atoms. The molecule has 1 amide bonds. The van der Waals surface area contributed by atoms with Crippen LogP contribution in [0.2, 0.25) is 0 Å². The maximum Gasteiger partial charge on any atom is 0.407 e. The van der Waals surface area contributed by atoms with E-state index in [1.807, 2.05) is 57.2 Å². The number of amides is 1. The fourth-order valence-corrected chi connectivity index (χ4v) is 2.26. The first kappa shape index (κ1) is 21.0. The van der Waals surface area contributed by atoms with Crippen LogP contribution in [0.4, 0.5) is 4.79 Å². The minimum absolute atomic E-state index is 0.224. The third-order valence-corrected chi connectivity index (χ3v) is 3.50. The number of alkyl carbamates (subject to hydrolysis) is 1. The number of benzene rings is 2. The van der Waals surface area contributed by atoms with Crippen LogP contribution >= 0.6 is 0 Å². The summed E-state index contributed by atoms with van der Waals surface area (Å²) in [5, 5.41) is 2.65. The highest BCUT2D eigenvalue weighted by Gasteiger charge is 2.19. The Bertz CT molecular complexity index is 857. The average molecular weight is 379 g/mol. The highest BCUT2D eigenvalue weighted by atomic mass is 16.6. The van der Waals surface area contributed by atoms with E-state index in [1.165, 1.54) is 0 Å². The van der Waals surface area contributed by atoms with Crippen LogP contribution in [-0.2, 0) is 16.1 Å². The Balaban J connectivity index is 1.81. The Morgan fingerprint density at radius 2 is 1.68 bits per heavy atom. The van der Waals surface area contributed by atoms with Crippen molar-refractivity contribution in [2.75, 3.05) is 6.54 Å². The maximum absolute atomic E-state index is 12.3. The van der Waals surface area contributed by atoms with Gasteiger partial charge in [-0.3, -0.25) is 0 Å². The van der Waals surface area contributed by atoms with Crippen LogP contribution in [0.25, 0.3) is 0 Å². The van der Waals surface area contributed by atoms with Crippen LogP contribution in [-0.4, -0.2) is 24.2 Å². The van der Waals surface area contributed by atoms with Crippen molar-refractivity contribution in [1.29, 1.82) is 0 Å². The topological polar surface area (TPSA) is 64.6 Å². The standard InChI is InChI=1S/C23H25NO4/c1-23(2,3)28-21(25)20-15-8-7-13-19(20)14-9-10-16-24-22(26)27-17-18-11-5-4-6-12-18/h4-8,11-13,15H,10,16-17H2,1-3H3,(H,24,26). The van der Waals surface area contributed by atoms with Gasteiger partial charge in [0, 0.05) is 18.5 Å². The summed E-state index contributed by atoms with van der Waals surface area (Å²) >= 11 is 0. The first-order chi connectivity index (χ1) is 13.3. The second-order valence-corrected chi connectivity index (χ2v) is 7.09. The van der Waals surface area contributed by atoms with Gasteiger partial charge in [-0.15, -0.1) is 0 Å². The van der Waals surface area contributed by atoms with Crippen molar-refractivity contribution in [3.8, 4) is 11.8 Å². The monoisotopic (exact) mass is 379 g/mol. The molecular weight excluding hydrogens is 354 g/mol. The van der Waals surface area contributed by atoms with Crippen LogP contribution in [0.1, 0.15) is 48.7 Å². The third kappa shape index (κ3) is 7.55. The predicted molar refractivity (Wildman–Crippen MR) is 108 cm³/mol. The molecule has 2 rings (SSSR count). The predicted octanol–water partition coefficient (Wildman–Crippen LogP) is 4.31. The largest absolute Gasteiger partial charge is 0.456 e. The normalized spacial score (nSPS) is 10.4. The number of rotatable bonds is 5. The van der Waals surface area contributed by atoms with E-state index >= 15 is 0 Å². The van der Waals surface area contributed by atoms with Crippen LogP contribution in [0.3, 0.4) is 0 Å². The Kier molecular flexibility index (Phi) is 7.65. The molecule has 0 aliphatic carbocycles. The van der Waals surface area contributed by atoms with Gasteiger partial charge in [-0.1, -0.05) is 54.3 Å². The number of carbonyl (C=O) groups excluding carboxylic acids is 2. The number of hydrogen-bond acceptors (Lipinski definition) is 4. The van der Waals surface area contributed by atoms with Crippen molar-refractivity contribution in [2.45, 2.75) is 39.4 Å². The number of esters is 1. The summed E-state index contributed by atoms with van der Waals surface area (Å²) < 4.78 is 10.5. The third-order valence-electron chi connectivity index (χ3n) is 3.50. The Hall–Kier alpha value is -3.26. The summed E-state index contributed by atoms with van der Waals surface area (Å²) in [6.07, 6.45) is -0.0527. The molecule has 1 N–H and O–H groups in total. The van der Waals surface area contributed by atoms with Crippen molar-refractivity contribution in [2.24, 2.45) is 0 Å². The molecule has 2 aromatic carbocycles. The van der Waals surface area contributed by atoms with Crippen molar-refractivity contribution >= 4 is 12.1 Å². The molecule has 0 aliphatic heterocycles. The van der Waals surface area contributed by atoms with Crippen molar-refractivity contribution in [3.05, 3.63) is 71.3 Å². The van der Waals surface area contributed by atoms with Crippen LogP contribution in [0, 0.1) is 11.8 Å². The van der Waals surface area contributed by atoms with Gasteiger partial charge in [0.2, 0.25) is 0 Å². The molecule has 0 aliphatic rings. The smallest absolute Gasteiger partial charge is 0.407 e. The van der Waals surface area contributed by atoms with Gasteiger partial charge >= 0.3 is 12.1 Å². The Labute approximate surface area is 166 Å². The van der Waals surface area contributed by atoms with Gasteiger partial charge in [-0.25, -0.2) is 9.59 Å². The fourth-order valence-electron chi connectivity index (χ4n) is 2.26. The van der Waals surface area contributed by atoms with Gasteiger partial charge in [0.15, 0.2) is 0 Å². The van der Waals surface area contributed by atoms with E-state index in [9.17, 15) is 9.59 Å².